The summed E-state index contributed by atoms with van der Waals surface area (Å²) in [5, 5.41) is 2.67. The van der Waals surface area contributed by atoms with Gasteiger partial charge in [-0.25, -0.2) is 4.31 Å². The van der Waals surface area contributed by atoms with Crippen LogP contribution in [0.25, 0.3) is 0 Å². The summed E-state index contributed by atoms with van der Waals surface area (Å²) in [4.78, 5) is 28.4. The fraction of sp³-hybridized carbons (Fsp3) is 0.259. The van der Waals surface area contributed by atoms with E-state index >= 15 is 0 Å². The van der Waals surface area contributed by atoms with E-state index in [0.717, 1.165) is 19.7 Å². The van der Waals surface area contributed by atoms with Crippen molar-refractivity contribution in [2.75, 3.05) is 32.0 Å². The third-order valence-corrected chi connectivity index (χ3v) is 7.60. The predicted octanol–water partition coefficient (Wildman–Crippen LogP) is 2.69. The number of anilines is 1. The number of hydrogen-bond donors (Lipinski definition) is 1. The zero-order chi connectivity index (χ0) is 26.1. The predicted molar refractivity (Wildman–Crippen MR) is 141 cm³/mol. The van der Waals surface area contributed by atoms with Gasteiger partial charge in [0.2, 0.25) is 11.8 Å². The first-order valence-electron chi connectivity index (χ1n) is 11.6. The van der Waals surface area contributed by atoms with Gasteiger partial charge in [0, 0.05) is 34.1 Å². The standard InChI is InChI=1S/C27H32N4O4S/c1-28-27(33)25(19-22-13-7-4-8-14-22)30(20-23-15-9-5-10-16-23)26(32)21-31(36(34,35)29(2)3)24-17-11-6-12-18-24/h4-18,25H,19-21H2,1-3H3,(H,28,33). The molecule has 0 radical (unpaired) electrons. The van der Waals surface area contributed by atoms with E-state index in [-0.39, 0.29) is 18.9 Å². The molecular formula is C27H32N4O4S. The van der Waals surface area contributed by atoms with E-state index in [1.54, 1.807) is 30.3 Å². The smallest absolute Gasteiger partial charge is 0.304 e. The number of rotatable bonds is 11. The summed E-state index contributed by atoms with van der Waals surface area (Å²) in [6, 6.07) is 26.4. The molecule has 190 valence electrons. The lowest BCUT2D eigenvalue weighted by Gasteiger charge is -2.34. The van der Waals surface area contributed by atoms with Crippen LogP contribution in [-0.2, 0) is 32.8 Å². The van der Waals surface area contributed by atoms with E-state index in [1.165, 1.54) is 26.0 Å². The lowest BCUT2D eigenvalue weighted by molar-refractivity contribution is -0.139. The highest BCUT2D eigenvalue weighted by Gasteiger charge is 2.34. The average molecular weight is 509 g/mol. The number of likely N-dealkylation sites (N-methyl/N-ethyl adjacent to an activating group) is 1. The van der Waals surface area contributed by atoms with Crippen molar-refractivity contribution in [3.05, 3.63) is 102 Å². The van der Waals surface area contributed by atoms with E-state index in [4.69, 9.17) is 0 Å². The second kappa shape index (κ2) is 12.3. The van der Waals surface area contributed by atoms with Crippen molar-refractivity contribution in [3.63, 3.8) is 0 Å². The molecule has 0 fully saturated rings. The van der Waals surface area contributed by atoms with Crippen LogP contribution in [-0.4, -0.2) is 63.2 Å². The highest BCUT2D eigenvalue weighted by atomic mass is 32.2. The van der Waals surface area contributed by atoms with Gasteiger partial charge in [0.05, 0.1) is 5.69 Å². The van der Waals surface area contributed by atoms with Crippen molar-refractivity contribution >= 4 is 27.7 Å². The van der Waals surface area contributed by atoms with Crippen LogP contribution in [0.3, 0.4) is 0 Å². The number of amides is 2. The summed E-state index contributed by atoms with van der Waals surface area (Å²) in [7, 11) is 0.375. The maximum atomic E-state index is 13.9. The summed E-state index contributed by atoms with van der Waals surface area (Å²) in [6.07, 6.45) is 0.283. The van der Waals surface area contributed by atoms with E-state index in [2.05, 4.69) is 5.32 Å². The zero-order valence-electron chi connectivity index (χ0n) is 20.7. The van der Waals surface area contributed by atoms with E-state index < -0.39 is 28.7 Å². The van der Waals surface area contributed by atoms with Crippen molar-refractivity contribution in [2.45, 2.75) is 19.0 Å². The van der Waals surface area contributed by atoms with Gasteiger partial charge in [-0.05, 0) is 23.3 Å². The summed E-state index contributed by atoms with van der Waals surface area (Å²) in [5.41, 5.74) is 2.08. The number of para-hydroxylation sites is 1. The van der Waals surface area contributed by atoms with Gasteiger partial charge in [0.25, 0.3) is 0 Å². The summed E-state index contributed by atoms with van der Waals surface area (Å²) < 4.78 is 28.5. The molecule has 0 spiro atoms. The Hall–Kier alpha value is -3.69. The lowest BCUT2D eigenvalue weighted by Crippen LogP contribution is -2.53. The van der Waals surface area contributed by atoms with Crippen LogP contribution >= 0.6 is 0 Å². The molecule has 36 heavy (non-hydrogen) atoms. The molecule has 9 heteroatoms. The first-order valence-corrected chi connectivity index (χ1v) is 13.0. The molecule has 3 rings (SSSR count). The molecule has 0 saturated heterocycles. The summed E-state index contributed by atoms with van der Waals surface area (Å²) >= 11 is 0. The normalized spacial score (nSPS) is 12.1. The molecule has 0 aliphatic heterocycles. The molecule has 1 atom stereocenters. The molecule has 0 aliphatic rings. The molecule has 0 aliphatic carbocycles. The molecule has 0 saturated carbocycles. The molecular weight excluding hydrogens is 476 g/mol. The maximum Gasteiger partial charge on any atom is 0.304 e. The lowest BCUT2D eigenvalue weighted by atomic mass is 10.0. The third-order valence-electron chi connectivity index (χ3n) is 5.78. The second-order valence-electron chi connectivity index (χ2n) is 8.46. The summed E-state index contributed by atoms with van der Waals surface area (Å²) in [6.45, 7) is -0.311. The Kier molecular flexibility index (Phi) is 9.21. The molecule has 8 nitrogen and oxygen atoms in total. The van der Waals surface area contributed by atoms with Crippen LogP contribution in [0.2, 0.25) is 0 Å². The fourth-order valence-electron chi connectivity index (χ4n) is 3.81. The van der Waals surface area contributed by atoms with E-state index in [9.17, 15) is 18.0 Å². The largest absolute Gasteiger partial charge is 0.357 e. The minimum absolute atomic E-state index is 0.148. The quantitative estimate of drug-likeness (QED) is 0.431. The summed E-state index contributed by atoms with van der Waals surface area (Å²) in [5.74, 6) is -0.817. The van der Waals surface area contributed by atoms with Gasteiger partial charge in [0.1, 0.15) is 12.6 Å². The van der Waals surface area contributed by atoms with Crippen molar-refractivity contribution in [2.24, 2.45) is 0 Å². The third kappa shape index (κ3) is 6.71. The minimum Gasteiger partial charge on any atom is -0.357 e. The second-order valence-corrected chi connectivity index (χ2v) is 10.5. The van der Waals surface area contributed by atoms with Crippen LogP contribution in [0.4, 0.5) is 5.69 Å². The van der Waals surface area contributed by atoms with Gasteiger partial charge in [-0.1, -0.05) is 78.9 Å². The number of hydrogen-bond acceptors (Lipinski definition) is 4. The molecule has 2 amide bonds. The molecule has 0 heterocycles. The Bertz CT molecular complexity index is 1240. The Labute approximate surface area is 213 Å². The average Bonchev–Trinajstić information content (AvgIpc) is 2.90. The van der Waals surface area contributed by atoms with Gasteiger partial charge in [0.15, 0.2) is 0 Å². The maximum absolute atomic E-state index is 13.9. The van der Waals surface area contributed by atoms with Crippen LogP contribution < -0.4 is 9.62 Å². The monoisotopic (exact) mass is 508 g/mol. The first kappa shape index (κ1) is 26.9. The number of carbonyl (C=O) groups is 2. The van der Waals surface area contributed by atoms with Gasteiger partial charge in [-0.3, -0.25) is 9.59 Å². The van der Waals surface area contributed by atoms with Crippen LogP contribution in [0.15, 0.2) is 91.0 Å². The Morgan fingerprint density at radius 1 is 0.806 bits per heavy atom. The Morgan fingerprint density at radius 2 is 1.31 bits per heavy atom. The topological polar surface area (TPSA) is 90.0 Å². The highest BCUT2D eigenvalue weighted by Crippen LogP contribution is 2.21. The fourth-order valence-corrected chi connectivity index (χ4v) is 4.87. The van der Waals surface area contributed by atoms with Crippen molar-refractivity contribution in [1.82, 2.24) is 14.5 Å². The van der Waals surface area contributed by atoms with Crippen molar-refractivity contribution < 1.29 is 18.0 Å². The van der Waals surface area contributed by atoms with Crippen molar-refractivity contribution in [3.8, 4) is 0 Å². The van der Waals surface area contributed by atoms with Crippen LogP contribution in [0, 0.1) is 0 Å². The van der Waals surface area contributed by atoms with Crippen LogP contribution in [0.5, 0.6) is 0 Å². The van der Waals surface area contributed by atoms with Crippen LogP contribution in [0.1, 0.15) is 11.1 Å². The SMILES string of the molecule is CNC(=O)C(Cc1ccccc1)N(Cc1ccccc1)C(=O)CN(c1ccccc1)S(=O)(=O)N(C)C. The Morgan fingerprint density at radius 3 is 1.81 bits per heavy atom. The molecule has 0 aromatic heterocycles. The highest BCUT2D eigenvalue weighted by molar-refractivity contribution is 7.90. The van der Waals surface area contributed by atoms with Gasteiger partial charge >= 0.3 is 10.2 Å². The first-order chi connectivity index (χ1) is 17.2. The number of carbonyl (C=O) groups excluding carboxylic acids is 2. The van der Waals surface area contributed by atoms with Crippen molar-refractivity contribution in [1.29, 1.82) is 0 Å². The minimum atomic E-state index is -3.99. The number of benzene rings is 3. The number of nitrogens with zero attached hydrogens (tertiary/aromatic N) is 3. The van der Waals surface area contributed by atoms with Gasteiger partial charge in [-0.15, -0.1) is 0 Å². The molecule has 3 aromatic carbocycles. The molecule has 1 N–H and O–H groups in total. The molecule has 0 bridgehead atoms. The van der Waals surface area contributed by atoms with Gasteiger partial charge in [-0.2, -0.15) is 12.7 Å². The Balaban J connectivity index is 2.03. The van der Waals surface area contributed by atoms with Gasteiger partial charge < -0.3 is 10.2 Å². The zero-order valence-corrected chi connectivity index (χ0v) is 21.6. The number of nitrogens with one attached hydrogen (secondary N) is 1. The molecule has 1 unspecified atom stereocenters. The van der Waals surface area contributed by atoms with E-state index in [0.29, 0.717) is 5.69 Å². The van der Waals surface area contributed by atoms with E-state index in [1.807, 2.05) is 60.7 Å². The molecule has 3 aromatic rings.